The Balaban J connectivity index is 2.79. The Morgan fingerprint density at radius 1 is 1.47 bits per heavy atom. The molecule has 0 radical (unpaired) electrons. The van der Waals surface area contributed by atoms with Crippen LogP contribution in [0, 0.1) is 0 Å². The minimum atomic E-state index is -0.280. The molecule has 0 saturated heterocycles. The Morgan fingerprint density at radius 2 is 2.20 bits per heavy atom. The molecule has 0 aliphatic heterocycles. The van der Waals surface area contributed by atoms with Crippen molar-refractivity contribution in [3.63, 3.8) is 0 Å². The molecular weight excluding hydrogens is 194 g/mol. The van der Waals surface area contributed by atoms with Gasteiger partial charge in [-0.05, 0) is 30.7 Å². The van der Waals surface area contributed by atoms with Gasteiger partial charge in [0.1, 0.15) is 5.75 Å². The third-order valence-corrected chi connectivity index (χ3v) is 1.99. The number of ether oxygens (including phenoxy) is 2. The van der Waals surface area contributed by atoms with Crippen molar-refractivity contribution in [2.75, 3.05) is 19.5 Å². The molecule has 0 bridgehead atoms. The number of nitrogen functional groups attached to an aromatic ring is 1. The SMILES string of the molecule is CCOC(=O)Cc1cc(OC)ccc1N. The Morgan fingerprint density at radius 3 is 2.80 bits per heavy atom. The lowest BCUT2D eigenvalue weighted by Crippen LogP contribution is -2.09. The van der Waals surface area contributed by atoms with E-state index in [0.29, 0.717) is 18.0 Å². The minimum Gasteiger partial charge on any atom is -0.497 e. The van der Waals surface area contributed by atoms with Gasteiger partial charge in [0.25, 0.3) is 0 Å². The monoisotopic (exact) mass is 209 g/mol. The molecule has 0 spiro atoms. The van der Waals surface area contributed by atoms with Crippen LogP contribution >= 0.6 is 0 Å². The Hall–Kier alpha value is -1.71. The molecule has 4 heteroatoms. The largest absolute Gasteiger partial charge is 0.497 e. The van der Waals surface area contributed by atoms with Crippen LogP contribution in [0.25, 0.3) is 0 Å². The number of nitrogens with two attached hydrogens (primary N) is 1. The molecular formula is C11H15NO3. The summed E-state index contributed by atoms with van der Waals surface area (Å²) in [6, 6.07) is 5.21. The molecule has 1 rings (SSSR count). The summed E-state index contributed by atoms with van der Waals surface area (Å²) in [7, 11) is 1.57. The average molecular weight is 209 g/mol. The van der Waals surface area contributed by atoms with Gasteiger partial charge < -0.3 is 15.2 Å². The third kappa shape index (κ3) is 3.16. The molecule has 0 amide bonds. The molecule has 2 N–H and O–H groups in total. The smallest absolute Gasteiger partial charge is 0.310 e. The van der Waals surface area contributed by atoms with Crippen LogP contribution in [0.1, 0.15) is 12.5 Å². The highest BCUT2D eigenvalue weighted by Gasteiger charge is 2.08. The number of methoxy groups -OCH3 is 1. The fraction of sp³-hybridized carbons (Fsp3) is 0.364. The van der Waals surface area contributed by atoms with Gasteiger partial charge in [0.2, 0.25) is 0 Å². The van der Waals surface area contributed by atoms with Crippen LogP contribution in [-0.4, -0.2) is 19.7 Å². The third-order valence-electron chi connectivity index (χ3n) is 1.99. The highest BCUT2D eigenvalue weighted by molar-refractivity contribution is 5.75. The average Bonchev–Trinajstić information content (AvgIpc) is 2.21. The summed E-state index contributed by atoms with van der Waals surface area (Å²) in [5, 5.41) is 0. The second-order valence-corrected chi connectivity index (χ2v) is 3.05. The maximum atomic E-state index is 11.2. The molecule has 4 nitrogen and oxygen atoms in total. The van der Waals surface area contributed by atoms with Gasteiger partial charge in [-0.3, -0.25) is 4.79 Å². The highest BCUT2D eigenvalue weighted by Crippen LogP contribution is 2.20. The van der Waals surface area contributed by atoms with Crippen molar-refractivity contribution in [1.29, 1.82) is 0 Å². The molecule has 0 fully saturated rings. The maximum absolute atomic E-state index is 11.2. The van der Waals surface area contributed by atoms with Crippen LogP contribution < -0.4 is 10.5 Å². The topological polar surface area (TPSA) is 61.5 Å². The molecule has 1 aromatic carbocycles. The Bertz CT molecular complexity index is 350. The number of anilines is 1. The number of esters is 1. The highest BCUT2D eigenvalue weighted by atomic mass is 16.5. The normalized spacial score (nSPS) is 9.73. The number of carbonyl (C=O) groups excluding carboxylic acids is 1. The first-order valence-corrected chi connectivity index (χ1v) is 4.75. The summed E-state index contributed by atoms with van der Waals surface area (Å²) in [6.07, 6.45) is 0.177. The second-order valence-electron chi connectivity index (χ2n) is 3.05. The van der Waals surface area contributed by atoms with Gasteiger partial charge in [-0.25, -0.2) is 0 Å². The zero-order chi connectivity index (χ0) is 11.3. The van der Waals surface area contributed by atoms with E-state index in [0.717, 1.165) is 5.56 Å². The lowest BCUT2D eigenvalue weighted by Gasteiger charge is -2.07. The van der Waals surface area contributed by atoms with E-state index < -0.39 is 0 Å². The fourth-order valence-corrected chi connectivity index (χ4v) is 1.23. The molecule has 0 saturated carbocycles. The first-order valence-electron chi connectivity index (χ1n) is 4.75. The van der Waals surface area contributed by atoms with Gasteiger partial charge in [-0.15, -0.1) is 0 Å². The number of rotatable bonds is 4. The molecule has 0 atom stereocenters. The molecule has 0 aliphatic rings. The molecule has 15 heavy (non-hydrogen) atoms. The van der Waals surface area contributed by atoms with Crippen molar-refractivity contribution >= 4 is 11.7 Å². The van der Waals surface area contributed by atoms with Crippen molar-refractivity contribution in [3.05, 3.63) is 23.8 Å². The lowest BCUT2D eigenvalue weighted by atomic mass is 10.1. The van der Waals surface area contributed by atoms with E-state index in [-0.39, 0.29) is 12.4 Å². The van der Waals surface area contributed by atoms with Crippen molar-refractivity contribution in [1.82, 2.24) is 0 Å². The second kappa shape index (κ2) is 5.24. The van der Waals surface area contributed by atoms with E-state index in [1.807, 2.05) is 0 Å². The number of hydrogen-bond donors (Lipinski definition) is 1. The summed E-state index contributed by atoms with van der Waals surface area (Å²) in [5.74, 6) is 0.404. The van der Waals surface area contributed by atoms with Crippen LogP contribution in [0.3, 0.4) is 0 Å². The van der Waals surface area contributed by atoms with E-state index in [4.69, 9.17) is 15.2 Å². The summed E-state index contributed by atoms with van der Waals surface area (Å²) in [6.45, 7) is 2.15. The fourth-order valence-electron chi connectivity index (χ4n) is 1.23. The first kappa shape index (κ1) is 11.4. The summed E-state index contributed by atoms with van der Waals surface area (Å²) < 4.78 is 9.88. The molecule has 0 heterocycles. The van der Waals surface area contributed by atoms with Crippen LogP contribution in [-0.2, 0) is 16.0 Å². The molecule has 0 aromatic heterocycles. The zero-order valence-electron chi connectivity index (χ0n) is 8.95. The lowest BCUT2D eigenvalue weighted by molar-refractivity contribution is -0.142. The van der Waals surface area contributed by atoms with E-state index in [2.05, 4.69) is 0 Å². The zero-order valence-corrected chi connectivity index (χ0v) is 8.95. The van der Waals surface area contributed by atoms with E-state index in [1.54, 1.807) is 32.2 Å². The summed E-state index contributed by atoms with van der Waals surface area (Å²) in [5.41, 5.74) is 7.03. The molecule has 82 valence electrons. The Kier molecular flexibility index (Phi) is 3.97. The maximum Gasteiger partial charge on any atom is 0.310 e. The molecule has 1 aromatic rings. The van der Waals surface area contributed by atoms with Crippen LogP contribution in [0.5, 0.6) is 5.75 Å². The van der Waals surface area contributed by atoms with Crippen molar-refractivity contribution in [3.8, 4) is 5.75 Å². The number of benzene rings is 1. The van der Waals surface area contributed by atoms with E-state index >= 15 is 0 Å². The standard InChI is InChI=1S/C11H15NO3/c1-3-15-11(13)7-8-6-9(14-2)4-5-10(8)12/h4-6H,3,7,12H2,1-2H3. The van der Waals surface area contributed by atoms with Gasteiger partial charge in [0.05, 0.1) is 20.1 Å². The molecule has 0 aliphatic carbocycles. The van der Waals surface area contributed by atoms with Crippen molar-refractivity contribution in [2.45, 2.75) is 13.3 Å². The van der Waals surface area contributed by atoms with E-state index in [9.17, 15) is 4.79 Å². The van der Waals surface area contributed by atoms with Crippen LogP contribution in [0.2, 0.25) is 0 Å². The molecule has 0 unspecified atom stereocenters. The first-order chi connectivity index (χ1) is 7.17. The van der Waals surface area contributed by atoms with Gasteiger partial charge in [0.15, 0.2) is 0 Å². The van der Waals surface area contributed by atoms with Crippen molar-refractivity contribution in [2.24, 2.45) is 0 Å². The van der Waals surface area contributed by atoms with E-state index in [1.165, 1.54) is 0 Å². The van der Waals surface area contributed by atoms with Crippen molar-refractivity contribution < 1.29 is 14.3 Å². The minimum absolute atomic E-state index is 0.177. The Labute approximate surface area is 89.0 Å². The quantitative estimate of drug-likeness (QED) is 0.601. The summed E-state index contributed by atoms with van der Waals surface area (Å²) in [4.78, 5) is 11.2. The predicted octanol–water partition coefficient (Wildman–Crippen LogP) is 1.38. The predicted molar refractivity (Wildman–Crippen MR) is 57.7 cm³/mol. The van der Waals surface area contributed by atoms with Gasteiger partial charge in [-0.2, -0.15) is 0 Å². The van der Waals surface area contributed by atoms with Gasteiger partial charge in [-0.1, -0.05) is 0 Å². The van der Waals surface area contributed by atoms with Gasteiger partial charge >= 0.3 is 5.97 Å². The van der Waals surface area contributed by atoms with Gasteiger partial charge in [0, 0.05) is 5.69 Å². The summed E-state index contributed by atoms with van der Waals surface area (Å²) >= 11 is 0. The number of hydrogen-bond acceptors (Lipinski definition) is 4. The number of carbonyl (C=O) groups is 1. The van der Waals surface area contributed by atoms with Crippen LogP contribution in [0.4, 0.5) is 5.69 Å². The van der Waals surface area contributed by atoms with Crippen LogP contribution in [0.15, 0.2) is 18.2 Å².